The van der Waals surface area contributed by atoms with Crippen LogP contribution in [0, 0.1) is 55.4 Å². The molecule has 2 unspecified atom stereocenters. The van der Waals surface area contributed by atoms with Crippen molar-refractivity contribution in [2.45, 2.75) is 65.2 Å². The van der Waals surface area contributed by atoms with E-state index in [2.05, 4.69) is 18.5 Å². The van der Waals surface area contributed by atoms with Crippen molar-refractivity contribution in [3.8, 4) is 0 Å². The van der Waals surface area contributed by atoms with Crippen LogP contribution in [-0.2, 0) is 9.84 Å². The first kappa shape index (κ1) is 20.6. The van der Waals surface area contributed by atoms with Crippen LogP contribution in [0.15, 0.2) is 9.79 Å². The van der Waals surface area contributed by atoms with Gasteiger partial charge in [-0.05, 0) is 111 Å². The van der Waals surface area contributed by atoms with Gasteiger partial charge in [-0.15, -0.1) is 18.5 Å². The predicted octanol–water partition coefficient (Wildman–Crippen LogP) is 3.99. The van der Waals surface area contributed by atoms with Crippen LogP contribution in [0.5, 0.6) is 0 Å². The number of hydrogen-bond acceptors (Lipinski definition) is 2. The Balaban J connectivity index is 3.02. The summed E-state index contributed by atoms with van der Waals surface area (Å²) in [6.45, 7) is 15.9. The molecule has 136 valence electrons. The minimum absolute atomic E-state index is 0.438. The summed E-state index contributed by atoms with van der Waals surface area (Å²) >= 11 is 0. The van der Waals surface area contributed by atoms with Crippen LogP contribution in [-0.4, -0.2) is 8.42 Å². The van der Waals surface area contributed by atoms with E-state index in [0.29, 0.717) is 9.79 Å². The zero-order valence-electron chi connectivity index (χ0n) is 16.4. The fourth-order valence-electron chi connectivity index (χ4n) is 3.41. The van der Waals surface area contributed by atoms with Crippen LogP contribution < -0.4 is 10.6 Å². The van der Waals surface area contributed by atoms with Gasteiger partial charge in [-0.3, -0.25) is 0 Å². The van der Waals surface area contributed by atoms with Gasteiger partial charge in [0.1, 0.15) is 0 Å². The molecule has 2 atom stereocenters. The molecule has 0 saturated heterocycles. The molecule has 2 rings (SSSR count). The molecular weight excluding hydrogens is 366 g/mol. The van der Waals surface area contributed by atoms with Gasteiger partial charge in [0.15, 0.2) is 0 Å². The van der Waals surface area contributed by atoms with Crippen molar-refractivity contribution < 1.29 is 8.42 Å². The Morgan fingerprint density at radius 2 is 0.720 bits per heavy atom. The predicted molar refractivity (Wildman–Crippen MR) is 115 cm³/mol. The van der Waals surface area contributed by atoms with Gasteiger partial charge in [0.25, 0.3) is 0 Å². The van der Waals surface area contributed by atoms with Crippen molar-refractivity contribution in [2.75, 3.05) is 0 Å². The first-order valence-corrected chi connectivity index (χ1v) is 11.0. The molecule has 0 aliphatic carbocycles. The highest BCUT2D eigenvalue weighted by Crippen LogP contribution is 2.33. The van der Waals surface area contributed by atoms with Gasteiger partial charge in [-0.2, -0.15) is 0 Å². The third-order valence-corrected chi connectivity index (χ3v) is 9.88. The fraction of sp³-hybridized carbons (Fsp3) is 0.400. The Morgan fingerprint density at radius 1 is 0.480 bits per heavy atom. The molecular formula is C20H28O2P2S. The second-order valence-corrected chi connectivity index (χ2v) is 9.97. The standard InChI is InChI=1S/C20H28O2P2S/c1-9-11(3)15(7)19(17(23)13(9)5)25(21,22)20-16(8)12(4)10(2)14(6)18(20)24/h23-24H2,1-8H3. The summed E-state index contributed by atoms with van der Waals surface area (Å²) in [6, 6.07) is 0. The summed E-state index contributed by atoms with van der Waals surface area (Å²) in [5.41, 5.74) is 8.13. The monoisotopic (exact) mass is 394 g/mol. The largest absolute Gasteiger partial charge is 0.218 e. The summed E-state index contributed by atoms with van der Waals surface area (Å²) in [4.78, 5) is 0.875. The molecule has 0 aliphatic rings. The first-order chi connectivity index (χ1) is 11.4. The average Bonchev–Trinajstić information content (AvgIpc) is 2.54. The molecule has 5 heteroatoms. The Hall–Kier alpha value is -0.750. The van der Waals surface area contributed by atoms with E-state index < -0.39 is 9.84 Å². The van der Waals surface area contributed by atoms with Crippen LogP contribution in [0.25, 0.3) is 0 Å². The number of sulfone groups is 1. The van der Waals surface area contributed by atoms with E-state index in [1.807, 2.05) is 55.4 Å². The summed E-state index contributed by atoms with van der Waals surface area (Å²) in [7, 11) is 1.68. The van der Waals surface area contributed by atoms with E-state index in [1.54, 1.807) is 0 Å². The minimum Gasteiger partial charge on any atom is -0.218 e. The molecule has 0 amide bonds. The molecule has 0 aliphatic heterocycles. The van der Waals surface area contributed by atoms with Gasteiger partial charge in [-0.1, -0.05) is 0 Å². The quantitative estimate of drug-likeness (QED) is 0.722. The van der Waals surface area contributed by atoms with Crippen molar-refractivity contribution in [3.05, 3.63) is 44.5 Å². The second-order valence-electron chi connectivity index (χ2n) is 6.99. The Kier molecular flexibility index (Phi) is 5.56. The smallest absolute Gasteiger partial charge is 0.208 e. The molecule has 2 nitrogen and oxygen atoms in total. The maximum atomic E-state index is 13.7. The van der Waals surface area contributed by atoms with Crippen LogP contribution >= 0.6 is 18.5 Å². The van der Waals surface area contributed by atoms with Crippen LogP contribution in [0.1, 0.15) is 44.5 Å². The lowest BCUT2D eigenvalue weighted by Gasteiger charge is -2.22. The van der Waals surface area contributed by atoms with E-state index in [1.165, 1.54) is 0 Å². The minimum atomic E-state index is -3.63. The lowest BCUT2D eigenvalue weighted by molar-refractivity contribution is 0.596. The third kappa shape index (κ3) is 2.99. The average molecular weight is 394 g/mol. The van der Waals surface area contributed by atoms with Gasteiger partial charge >= 0.3 is 0 Å². The lowest BCUT2D eigenvalue weighted by atomic mass is 9.99. The summed E-state index contributed by atoms with van der Waals surface area (Å²) in [5.74, 6) is 0. The molecule has 0 heterocycles. The Labute approximate surface area is 157 Å². The zero-order valence-corrected chi connectivity index (χ0v) is 19.5. The van der Waals surface area contributed by atoms with Gasteiger partial charge in [-0.25, -0.2) is 8.42 Å². The molecule has 0 spiro atoms. The van der Waals surface area contributed by atoms with Gasteiger partial charge in [0, 0.05) is 0 Å². The molecule has 2 aromatic carbocycles. The van der Waals surface area contributed by atoms with E-state index >= 15 is 0 Å². The van der Waals surface area contributed by atoms with Crippen molar-refractivity contribution in [2.24, 2.45) is 0 Å². The van der Waals surface area contributed by atoms with Gasteiger partial charge in [0.05, 0.1) is 9.79 Å². The molecule has 2 aromatic rings. The highest BCUT2D eigenvalue weighted by atomic mass is 32.2. The maximum Gasteiger partial charge on any atom is 0.208 e. The number of benzene rings is 2. The van der Waals surface area contributed by atoms with E-state index in [-0.39, 0.29) is 0 Å². The van der Waals surface area contributed by atoms with Crippen LogP contribution in [0.3, 0.4) is 0 Å². The topological polar surface area (TPSA) is 34.1 Å². The van der Waals surface area contributed by atoms with E-state index in [0.717, 1.165) is 55.1 Å². The van der Waals surface area contributed by atoms with E-state index in [9.17, 15) is 8.42 Å². The molecule has 0 saturated carbocycles. The number of rotatable bonds is 2. The van der Waals surface area contributed by atoms with Gasteiger partial charge < -0.3 is 0 Å². The van der Waals surface area contributed by atoms with E-state index in [4.69, 9.17) is 0 Å². The van der Waals surface area contributed by atoms with Crippen molar-refractivity contribution in [3.63, 3.8) is 0 Å². The molecule has 0 aromatic heterocycles. The van der Waals surface area contributed by atoms with Crippen molar-refractivity contribution >= 4 is 38.9 Å². The van der Waals surface area contributed by atoms with Crippen molar-refractivity contribution in [1.29, 1.82) is 0 Å². The van der Waals surface area contributed by atoms with Crippen LogP contribution in [0.2, 0.25) is 0 Å². The summed E-state index contributed by atoms with van der Waals surface area (Å²) in [5, 5.41) is 1.56. The molecule has 0 radical (unpaired) electrons. The molecule has 0 bridgehead atoms. The normalized spacial score (nSPS) is 11.9. The third-order valence-electron chi connectivity index (χ3n) is 5.89. The highest BCUT2D eigenvalue weighted by molar-refractivity contribution is 7.92. The van der Waals surface area contributed by atoms with Gasteiger partial charge in [0.2, 0.25) is 9.84 Å². The fourth-order valence-corrected chi connectivity index (χ4v) is 7.41. The van der Waals surface area contributed by atoms with Crippen LogP contribution in [0.4, 0.5) is 0 Å². The lowest BCUT2D eigenvalue weighted by Crippen LogP contribution is -2.24. The molecule has 0 N–H and O–H groups in total. The zero-order chi connectivity index (χ0) is 19.4. The molecule has 25 heavy (non-hydrogen) atoms. The summed E-state index contributed by atoms with van der Waals surface area (Å²) in [6.07, 6.45) is 0. The second kappa shape index (κ2) is 6.76. The first-order valence-electron chi connectivity index (χ1n) is 8.32. The maximum absolute atomic E-state index is 13.7. The SMILES string of the molecule is Cc1c(C)c(C)c(S(=O)(=O)c2c(C)c(C)c(C)c(C)c2P)c(P)c1C. The Bertz CT molecular complexity index is 870. The highest BCUT2D eigenvalue weighted by Gasteiger charge is 2.30. The summed E-state index contributed by atoms with van der Waals surface area (Å²) < 4.78 is 27.4. The number of hydrogen-bond donors (Lipinski definition) is 0. The Morgan fingerprint density at radius 3 is 1.00 bits per heavy atom. The van der Waals surface area contributed by atoms with Crippen molar-refractivity contribution in [1.82, 2.24) is 0 Å². The molecule has 0 fully saturated rings.